The number of nitrogens with zero attached hydrogens (tertiary/aromatic N) is 1. The molecule has 0 aromatic heterocycles. The molecule has 1 fully saturated rings. The van der Waals surface area contributed by atoms with Crippen molar-refractivity contribution in [2.45, 2.75) is 31.1 Å². The first-order valence-corrected chi connectivity index (χ1v) is 10.1. The van der Waals surface area contributed by atoms with Crippen LogP contribution in [-0.4, -0.2) is 51.9 Å². The first-order chi connectivity index (χ1) is 11.9. The molecule has 0 radical (unpaired) electrons. The lowest BCUT2D eigenvalue weighted by molar-refractivity contribution is -0.132. The molecule has 140 valence electrons. The van der Waals surface area contributed by atoms with Crippen molar-refractivity contribution in [2.24, 2.45) is 5.92 Å². The minimum Gasteiger partial charge on any atom is -0.343 e. The Kier molecular flexibility index (Phi) is 7.34. The summed E-state index contributed by atoms with van der Waals surface area (Å²) in [6, 6.07) is 4.59. The molecule has 1 aromatic carbocycles. The lowest BCUT2D eigenvalue weighted by Gasteiger charge is -2.32. The van der Waals surface area contributed by atoms with E-state index >= 15 is 0 Å². The summed E-state index contributed by atoms with van der Waals surface area (Å²) < 4.78 is 39.4. The van der Waals surface area contributed by atoms with E-state index in [0.717, 1.165) is 51.2 Å². The average Bonchev–Trinajstić information content (AvgIpc) is 2.60. The van der Waals surface area contributed by atoms with E-state index in [1.165, 1.54) is 12.1 Å². The zero-order valence-electron chi connectivity index (χ0n) is 14.5. The van der Waals surface area contributed by atoms with Crippen LogP contribution in [0, 0.1) is 11.7 Å². The summed E-state index contributed by atoms with van der Waals surface area (Å²) in [4.78, 5) is 14.0. The maximum atomic E-state index is 12.9. The van der Waals surface area contributed by atoms with Gasteiger partial charge in [-0.05, 0) is 56.1 Å². The highest BCUT2D eigenvalue weighted by Crippen LogP contribution is 2.17. The SMILES string of the molecule is CCNCC1CCN(C(=O)CCNS(=O)(=O)c2ccc(F)cc2)CC1. The second-order valence-electron chi connectivity index (χ2n) is 6.23. The second kappa shape index (κ2) is 9.26. The Morgan fingerprint density at radius 3 is 2.48 bits per heavy atom. The molecule has 0 atom stereocenters. The van der Waals surface area contributed by atoms with Gasteiger partial charge in [-0.3, -0.25) is 4.79 Å². The van der Waals surface area contributed by atoms with Crippen LogP contribution in [0.1, 0.15) is 26.2 Å². The molecule has 0 spiro atoms. The highest BCUT2D eigenvalue weighted by molar-refractivity contribution is 7.89. The number of nitrogens with one attached hydrogen (secondary N) is 2. The topological polar surface area (TPSA) is 78.5 Å². The predicted octanol–water partition coefficient (Wildman–Crippen LogP) is 1.34. The van der Waals surface area contributed by atoms with Gasteiger partial charge < -0.3 is 10.2 Å². The van der Waals surface area contributed by atoms with Gasteiger partial charge in [-0.1, -0.05) is 6.92 Å². The van der Waals surface area contributed by atoms with Crippen molar-refractivity contribution < 1.29 is 17.6 Å². The van der Waals surface area contributed by atoms with Gasteiger partial charge in [0.15, 0.2) is 0 Å². The van der Waals surface area contributed by atoms with E-state index < -0.39 is 15.8 Å². The summed E-state index contributed by atoms with van der Waals surface area (Å²) in [7, 11) is -3.72. The number of sulfonamides is 1. The van der Waals surface area contributed by atoms with Gasteiger partial charge in [0.1, 0.15) is 5.82 Å². The van der Waals surface area contributed by atoms with Gasteiger partial charge in [0.05, 0.1) is 4.90 Å². The van der Waals surface area contributed by atoms with E-state index in [4.69, 9.17) is 0 Å². The minimum atomic E-state index is -3.72. The monoisotopic (exact) mass is 371 g/mol. The molecule has 1 heterocycles. The molecule has 0 bridgehead atoms. The van der Waals surface area contributed by atoms with Crippen LogP contribution < -0.4 is 10.0 Å². The van der Waals surface area contributed by atoms with Crippen LogP contribution >= 0.6 is 0 Å². The molecular formula is C17H26FN3O3S. The molecule has 6 nitrogen and oxygen atoms in total. The summed E-state index contributed by atoms with van der Waals surface area (Å²) in [5, 5.41) is 3.33. The summed E-state index contributed by atoms with van der Waals surface area (Å²) >= 11 is 0. The van der Waals surface area contributed by atoms with E-state index in [0.29, 0.717) is 5.92 Å². The third kappa shape index (κ3) is 6.05. The summed E-state index contributed by atoms with van der Waals surface area (Å²) in [6.07, 6.45) is 2.07. The van der Waals surface area contributed by atoms with E-state index in [1.54, 1.807) is 4.90 Å². The van der Waals surface area contributed by atoms with Crippen molar-refractivity contribution in [2.75, 3.05) is 32.7 Å². The Labute approximate surface area is 148 Å². The van der Waals surface area contributed by atoms with Gasteiger partial charge in [0.2, 0.25) is 15.9 Å². The Bertz CT molecular complexity index is 656. The summed E-state index contributed by atoms with van der Waals surface area (Å²) in [5.41, 5.74) is 0. The van der Waals surface area contributed by atoms with Crippen molar-refractivity contribution in [3.63, 3.8) is 0 Å². The van der Waals surface area contributed by atoms with Crippen molar-refractivity contribution in [1.29, 1.82) is 0 Å². The first-order valence-electron chi connectivity index (χ1n) is 8.66. The number of amides is 1. The number of carbonyl (C=O) groups excluding carboxylic acids is 1. The third-order valence-corrected chi connectivity index (χ3v) is 5.88. The molecule has 1 aliphatic heterocycles. The second-order valence-corrected chi connectivity index (χ2v) is 8.00. The van der Waals surface area contributed by atoms with Gasteiger partial charge in [-0.2, -0.15) is 0 Å². The molecular weight excluding hydrogens is 345 g/mol. The molecule has 1 aromatic rings. The molecule has 2 N–H and O–H groups in total. The summed E-state index contributed by atoms with van der Waals surface area (Å²) in [5.74, 6) is 0.0661. The minimum absolute atomic E-state index is 0.00872. The van der Waals surface area contributed by atoms with Crippen LogP contribution in [0.25, 0.3) is 0 Å². The molecule has 8 heteroatoms. The van der Waals surface area contributed by atoms with Crippen molar-refractivity contribution in [3.05, 3.63) is 30.1 Å². The first kappa shape index (κ1) is 19.8. The van der Waals surface area contributed by atoms with Crippen LogP contribution in [0.2, 0.25) is 0 Å². The zero-order valence-corrected chi connectivity index (χ0v) is 15.3. The van der Waals surface area contributed by atoms with Gasteiger partial charge in [-0.15, -0.1) is 0 Å². The van der Waals surface area contributed by atoms with Crippen LogP contribution in [-0.2, 0) is 14.8 Å². The molecule has 2 rings (SSSR count). The quantitative estimate of drug-likeness (QED) is 0.723. The molecule has 1 saturated heterocycles. The van der Waals surface area contributed by atoms with Gasteiger partial charge in [0.25, 0.3) is 0 Å². The van der Waals surface area contributed by atoms with Crippen molar-refractivity contribution in [1.82, 2.24) is 14.9 Å². The van der Waals surface area contributed by atoms with Crippen molar-refractivity contribution in [3.8, 4) is 0 Å². The number of halogens is 1. The zero-order chi connectivity index (χ0) is 18.3. The van der Waals surface area contributed by atoms with E-state index in [2.05, 4.69) is 17.0 Å². The van der Waals surface area contributed by atoms with E-state index in [1.807, 2.05) is 0 Å². The fraction of sp³-hybridized carbons (Fsp3) is 0.588. The molecule has 25 heavy (non-hydrogen) atoms. The fourth-order valence-electron chi connectivity index (χ4n) is 2.88. The maximum absolute atomic E-state index is 12.9. The smallest absolute Gasteiger partial charge is 0.240 e. The number of benzene rings is 1. The van der Waals surface area contributed by atoms with Crippen LogP contribution in [0.15, 0.2) is 29.2 Å². The Morgan fingerprint density at radius 2 is 1.88 bits per heavy atom. The third-order valence-electron chi connectivity index (χ3n) is 4.41. The number of carbonyl (C=O) groups is 1. The van der Waals surface area contributed by atoms with E-state index in [-0.39, 0.29) is 23.8 Å². The predicted molar refractivity (Wildman–Crippen MR) is 94.1 cm³/mol. The highest BCUT2D eigenvalue weighted by atomic mass is 32.2. The maximum Gasteiger partial charge on any atom is 0.240 e. The van der Waals surface area contributed by atoms with Crippen LogP contribution in [0.4, 0.5) is 4.39 Å². The number of likely N-dealkylation sites (tertiary alicyclic amines) is 1. The van der Waals surface area contributed by atoms with Crippen LogP contribution in [0.5, 0.6) is 0 Å². The normalized spacial score (nSPS) is 16.2. The Hall–Kier alpha value is -1.51. The van der Waals surface area contributed by atoms with Crippen LogP contribution in [0.3, 0.4) is 0 Å². The molecule has 1 amide bonds. The molecule has 0 aliphatic carbocycles. The molecule has 0 saturated carbocycles. The summed E-state index contributed by atoms with van der Waals surface area (Å²) in [6.45, 7) is 5.49. The van der Waals surface area contributed by atoms with Gasteiger partial charge in [-0.25, -0.2) is 17.5 Å². The lowest BCUT2D eigenvalue weighted by atomic mass is 9.96. The molecule has 1 aliphatic rings. The van der Waals surface area contributed by atoms with Crippen molar-refractivity contribution >= 4 is 15.9 Å². The number of rotatable bonds is 8. The number of hydrogen-bond donors (Lipinski definition) is 2. The highest BCUT2D eigenvalue weighted by Gasteiger charge is 2.22. The number of piperidine rings is 1. The largest absolute Gasteiger partial charge is 0.343 e. The lowest BCUT2D eigenvalue weighted by Crippen LogP contribution is -2.41. The molecule has 0 unspecified atom stereocenters. The van der Waals surface area contributed by atoms with E-state index in [9.17, 15) is 17.6 Å². The number of hydrogen-bond acceptors (Lipinski definition) is 4. The fourth-order valence-corrected chi connectivity index (χ4v) is 3.91. The Balaban J connectivity index is 1.74. The average molecular weight is 371 g/mol. The van der Waals surface area contributed by atoms with Gasteiger partial charge in [0, 0.05) is 26.1 Å². The standard InChI is InChI=1S/C17H26FN3O3S/c1-2-19-13-14-8-11-21(12-9-14)17(22)7-10-20-25(23,24)16-5-3-15(18)4-6-16/h3-6,14,19-20H,2,7-13H2,1H3. The Morgan fingerprint density at radius 1 is 1.24 bits per heavy atom. The van der Waals surface area contributed by atoms with Gasteiger partial charge >= 0.3 is 0 Å².